The first-order valence-corrected chi connectivity index (χ1v) is 9.76. The first-order chi connectivity index (χ1) is 10.4. The highest BCUT2D eigenvalue weighted by atomic mass is 35.5. The zero-order valence-electron chi connectivity index (χ0n) is 12.1. The van der Waals surface area contributed by atoms with Gasteiger partial charge in [-0.05, 0) is 31.0 Å². The van der Waals surface area contributed by atoms with E-state index in [2.05, 4.69) is 5.32 Å². The monoisotopic (exact) mass is 363 g/mol. The molecular formula is C15H19Cl2NO3S. The van der Waals surface area contributed by atoms with Gasteiger partial charge in [0.05, 0.1) is 20.7 Å². The molecule has 1 aromatic rings. The summed E-state index contributed by atoms with van der Waals surface area (Å²) in [6.45, 7) is 0. The molecule has 0 unspecified atom stereocenters. The van der Waals surface area contributed by atoms with Gasteiger partial charge in [-0.3, -0.25) is 4.79 Å². The molecule has 0 atom stereocenters. The smallest absolute Gasteiger partial charge is 0.221 e. The Kier molecular flexibility index (Phi) is 6.12. The van der Waals surface area contributed by atoms with E-state index in [-0.39, 0.29) is 34.0 Å². The Hall–Kier alpha value is -0.780. The van der Waals surface area contributed by atoms with Gasteiger partial charge in [0.25, 0.3) is 0 Å². The third kappa shape index (κ3) is 4.86. The number of sulfone groups is 1. The minimum atomic E-state index is -3.54. The third-order valence-corrected chi connectivity index (χ3v) is 6.27. The van der Waals surface area contributed by atoms with Crippen molar-refractivity contribution in [1.29, 1.82) is 0 Å². The van der Waals surface area contributed by atoms with E-state index in [4.69, 9.17) is 23.2 Å². The Labute approximate surface area is 141 Å². The Morgan fingerprint density at radius 1 is 1.14 bits per heavy atom. The fraction of sp³-hybridized carbons (Fsp3) is 0.533. The second-order valence-electron chi connectivity index (χ2n) is 5.55. The first-order valence-electron chi connectivity index (χ1n) is 7.35. The van der Waals surface area contributed by atoms with Crippen LogP contribution in [0.15, 0.2) is 23.1 Å². The van der Waals surface area contributed by atoms with Gasteiger partial charge in [-0.1, -0.05) is 42.5 Å². The van der Waals surface area contributed by atoms with Crippen LogP contribution in [0.3, 0.4) is 0 Å². The van der Waals surface area contributed by atoms with E-state index >= 15 is 0 Å². The van der Waals surface area contributed by atoms with Gasteiger partial charge in [-0.15, -0.1) is 0 Å². The van der Waals surface area contributed by atoms with Crippen molar-refractivity contribution >= 4 is 38.9 Å². The summed E-state index contributed by atoms with van der Waals surface area (Å²) >= 11 is 11.6. The lowest BCUT2D eigenvalue weighted by Gasteiger charge is -2.22. The standard InChI is InChI=1S/C15H19Cl2NO3S/c16-13-7-6-12(10-14(13)17)22(20,21)9-8-15(19)18-11-4-2-1-3-5-11/h6-7,10-11H,1-5,8-9H2,(H,18,19). The van der Waals surface area contributed by atoms with Crippen LogP contribution in [0.2, 0.25) is 10.0 Å². The van der Waals surface area contributed by atoms with Crippen LogP contribution in [0.4, 0.5) is 0 Å². The molecule has 122 valence electrons. The molecule has 0 aromatic heterocycles. The van der Waals surface area contributed by atoms with Gasteiger partial charge in [0, 0.05) is 12.5 Å². The maximum Gasteiger partial charge on any atom is 0.221 e. The maximum atomic E-state index is 12.2. The average Bonchev–Trinajstić information content (AvgIpc) is 2.49. The minimum Gasteiger partial charge on any atom is -0.353 e. The highest BCUT2D eigenvalue weighted by Crippen LogP contribution is 2.25. The summed E-state index contributed by atoms with van der Waals surface area (Å²) in [5.41, 5.74) is 0. The molecule has 1 aromatic carbocycles. The van der Waals surface area contributed by atoms with Gasteiger partial charge < -0.3 is 5.32 Å². The quantitative estimate of drug-likeness (QED) is 0.868. The lowest BCUT2D eigenvalue weighted by atomic mass is 9.95. The van der Waals surface area contributed by atoms with Crippen LogP contribution in [0, 0.1) is 0 Å². The number of nitrogens with one attached hydrogen (secondary N) is 1. The lowest BCUT2D eigenvalue weighted by molar-refractivity contribution is -0.121. The Morgan fingerprint density at radius 3 is 2.45 bits per heavy atom. The highest BCUT2D eigenvalue weighted by Gasteiger charge is 2.20. The van der Waals surface area contributed by atoms with Gasteiger partial charge in [0.15, 0.2) is 9.84 Å². The van der Waals surface area contributed by atoms with Crippen LogP contribution in [-0.2, 0) is 14.6 Å². The number of hydrogen-bond donors (Lipinski definition) is 1. The largest absolute Gasteiger partial charge is 0.353 e. The molecule has 1 N–H and O–H groups in total. The van der Waals surface area contributed by atoms with Crippen molar-refractivity contribution < 1.29 is 13.2 Å². The van der Waals surface area contributed by atoms with Crippen molar-refractivity contribution in [2.45, 2.75) is 49.5 Å². The summed E-state index contributed by atoms with van der Waals surface area (Å²) in [5.74, 6) is -0.445. The fourth-order valence-electron chi connectivity index (χ4n) is 2.56. The maximum absolute atomic E-state index is 12.2. The molecule has 7 heteroatoms. The van der Waals surface area contributed by atoms with Crippen molar-refractivity contribution in [2.24, 2.45) is 0 Å². The molecular weight excluding hydrogens is 345 g/mol. The van der Waals surface area contributed by atoms with Crippen LogP contribution < -0.4 is 5.32 Å². The molecule has 1 amide bonds. The van der Waals surface area contributed by atoms with E-state index in [0.717, 1.165) is 25.7 Å². The fourth-order valence-corrected chi connectivity index (χ4v) is 4.19. The molecule has 0 heterocycles. The van der Waals surface area contributed by atoms with Gasteiger partial charge in [0.1, 0.15) is 0 Å². The molecule has 1 aliphatic carbocycles. The summed E-state index contributed by atoms with van der Waals surface area (Å²) in [4.78, 5) is 12.0. The van der Waals surface area contributed by atoms with E-state index < -0.39 is 9.84 Å². The van der Waals surface area contributed by atoms with Crippen molar-refractivity contribution in [3.8, 4) is 0 Å². The number of hydrogen-bond acceptors (Lipinski definition) is 3. The summed E-state index contributed by atoms with van der Waals surface area (Å²) in [7, 11) is -3.54. The van der Waals surface area contributed by atoms with Gasteiger partial charge >= 0.3 is 0 Å². The van der Waals surface area contributed by atoms with Gasteiger partial charge in [-0.25, -0.2) is 8.42 Å². The summed E-state index contributed by atoms with van der Waals surface area (Å²) in [6.07, 6.45) is 5.35. The number of carbonyl (C=O) groups excluding carboxylic acids is 1. The van der Waals surface area contributed by atoms with E-state index in [0.29, 0.717) is 5.02 Å². The molecule has 1 saturated carbocycles. The number of halogens is 2. The molecule has 0 radical (unpaired) electrons. The number of rotatable bonds is 5. The van der Waals surface area contributed by atoms with Crippen molar-refractivity contribution in [1.82, 2.24) is 5.32 Å². The number of amides is 1. The lowest BCUT2D eigenvalue weighted by Crippen LogP contribution is -2.36. The molecule has 0 saturated heterocycles. The van der Waals surface area contributed by atoms with E-state index in [1.54, 1.807) is 0 Å². The van der Waals surface area contributed by atoms with Crippen LogP contribution in [0.5, 0.6) is 0 Å². The molecule has 22 heavy (non-hydrogen) atoms. The third-order valence-electron chi connectivity index (χ3n) is 3.82. The van der Waals surface area contributed by atoms with E-state index in [1.807, 2.05) is 0 Å². The molecule has 0 spiro atoms. The summed E-state index contributed by atoms with van der Waals surface area (Å²) < 4.78 is 24.4. The van der Waals surface area contributed by atoms with Crippen molar-refractivity contribution in [3.63, 3.8) is 0 Å². The molecule has 0 aliphatic heterocycles. The van der Waals surface area contributed by atoms with Gasteiger partial charge in [0.2, 0.25) is 5.91 Å². The molecule has 0 bridgehead atoms. The molecule has 1 fully saturated rings. The molecule has 1 aliphatic rings. The van der Waals surface area contributed by atoms with Crippen LogP contribution in [-0.4, -0.2) is 26.1 Å². The molecule has 2 rings (SSSR count). The normalized spacial score (nSPS) is 16.5. The Bertz CT molecular complexity index is 640. The second kappa shape index (κ2) is 7.66. The van der Waals surface area contributed by atoms with Gasteiger partial charge in [-0.2, -0.15) is 0 Å². The zero-order valence-corrected chi connectivity index (χ0v) is 14.5. The van der Waals surface area contributed by atoms with Crippen LogP contribution in [0.25, 0.3) is 0 Å². The SMILES string of the molecule is O=C(CCS(=O)(=O)c1ccc(Cl)c(Cl)c1)NC1CCCCC1. The Balaban J connectivity index is 1.91. The highest BCUT2D eigenvalue weighted by molar-refractivity contribution is 7.91. The number of benzene rings is 1. The summed E-state index contributed by atoms with van der Waals surface area (Å²) in [6, 6.07) is 4.36. The Morgan fingerprint density at radius 2 is 1.82 bits per heavy atom. The van der Waals surface area contributed by atoms with Crippen LogP contribution >= 0.6 is 23.2 Å². The predicted molar refractivity (Wildman–Crippen MR) is 88.1 cm³/mol. The topological polar surface area (TPSA) is 63.2 Å². The van der Waals surface area contributed by atoms with E-state index in [1.165, 1.54) is 24.6 Å². The predicted octanol–water partition coefficient (Wildman–Crippen LogP) is 3.61. The van der Waals surface area contributed by atoms with Crippen LogP contribution in [0.1, 0.15) is 38.5 Å². The second-order valence-corrected chi connectivity index (χ2v) is 8.47. The summed E-state index contributed by atoms with van der Waals surface area (Å²) in [5, 5.41) is 3.40. The zero-order chi connectivity index (χ0) is 16.2. The average molecular weight is 364 g/mol. The van der Waals surface area contributed by atoms with Crippen molar-refractivity contribution in [2.75, 3.05) is 5.75 Å². The van der Waals surface area contributed by atoms with E-state index in [9.17, 15) is 13.2 Å². The van der Waals surface area contributed by atoms with Crippen molar-refractivity contribution in [3.05, 3.63) is 28.2 Å². The molecule has 4 nitrogen and oxygen atoms in total. The number of carbonyl (C=O) groups is 1. The minimum absolute atomic E-state index is 0.0426. The first kappa shape index (κ1) is 17.6.